The number of hydrogen-bond acceptors (Lipinski definition) is 8. The van der Waals surface area contributed by atoms with E-state index in [2.05, 4.69) is 5.43 Å². The second kappa shape index (κ2) is 12.3. The Balaban J connectivity index is 1.44. The second-order valence-corrected chi connectivity index (χ2v) is 14.3. The molecule has 12 heteroatoms. The van der Waals surface area contributed by atoms with Crippen LogP contribution in [0.15, 0.2) is 78.4 Å². The summed E-state index contributed by atoms with van der Waals surface area (Å²) in [4.78, 5) is 69.9. The predicted molar refractivity (Wildman–Crippen MR) is 185 cm³/mol. The van der Waals surface area contributed by atoms with E-state index in [9.17, 15) is 29.4 Å². The molecular weight excluding hydrogens is 741 g/mol. The average molecular weight is 776 g/mol. The van der Waals surface area contributed by atoms with Crippen molar-refractivity contribution in [2.75, 3.05) is 19.1 Å². The number of aliphatic carboxylic acids is 1. The summed E-state index contributed by atoms with van der Waals surface area (Å²) in [5, 5.41) is 21.2. The van der Waals surface area contributed by atoms with E-state index in [0.29, 0.717) is 20.4 Å². The number of nitrogens with one attached hydrogen (secondary N) is 1. The third kappa shape index (κ3) is 5.01. The van der Waals surface area contributed by atoms with Gasteiger partial charge in [0, 0.05) is 12.5 Å². The van der Waals surface area contributed by atoms with Crippen LogP contribution in [0, 0.1) is 34.2 Å². The molecule has 252 valence electrons. The zero-order chi connectivity index (χ0) is 34.8. The normalized spacial score (nSPS) is 27.4. The lowest BCUT2D eigenvalue weighted by Gasteiger charge is -2.50. The van der Waals surface area contributed by atoms with E-state index in [4.69, 9.17) is 4.74 Å². The maximum Gasteiger partial charge on any atom is 0.305 e. The fourth-order valence-corrected chi connectivity index (χ4v) is 9.16. The van der Waals surface area contributed by atoms with Crippen LogP contribution in [0.25, 0.3) is 0 Å². The number of aryl methyl sites for hydroxylation is 1. The highest BCUT2D eigenvalue weighted by atomic mass is 127. The molecule has 4 aliphatic rings. The van der Waals surface area contributed by atoms with Crippen LogP contribution in [0.3, 0.4) is 0 Å². The van der Waals surface area contributed by atoms with Gasteiger partial charge in [-0.25, -0.2) is 0 Å². The van der Waals surface area contributed by atoms with E-state index in [1.165, 1.54) is 7.11 Å². The van der Waals surface area contributed by atoms with Crippen LogP contribution < -0.4 is 10.2 Å². The fraction of sp³-hybridized carbons (Fsp3) is 0.324. The molecule has 3 fully saturated rings. The molecule has 3 aromatic rings. The molecule has 0 spiro atoms. The van der Waals surface area contributed by atoms with Crippen LogP contribution in [0.2, 0.25) is 0 Å². The molecule has 1 saturated carbocycles. The second-order valence-electron chi connectivity index (χ2n) is 13.1. The van der Waals surface area contributed by atoms with E-state index in [0.717, 1.165) is 21.0 Å². The molecule has 2 saturated heterocycles. The number of carboxylic acids is 1. The van der Waals surface area contributed by atoms with Crippen molar-refractivity contribution >= 4 is 57.9 Å². The van der Waals surface area contributed by atoms with Gasteiger partial charge in [-0.15, -0.1) is 0 Å². The number of ether oxygens (including phenoxy) is 1. The van der Waals surface area contributed by atoms with Crippen molar-refractivity contribution in [1.29, 1.82) is 0 Å². The number of carbonyl (C=O) groups excluding carboxylic acids is 4. The summed E-state index contributed by atoms with van der Waals surface area (Å²) < 4.78 is 6.03. The minimum atomic E-state index is -1.47. The number of benzene rings is 3. The Morgan fingerprint density at radius 1 is 1.00 bits per heavy atom. The number of likely N-dealkylation sites (tertiary alicyclic amines) is 1. The molecule has 2 aliphatic heterocycles. The molecule has 4 amide bonds. The summed E-state index contributed by atoms with van der Waals surface area (Å²) in [6.45, 7) is 1.70. The van der Waals surface area contributed by atoms with E-state index in [1.54, 1.807) is 24.3 Å². The summed E-state index contributed by atoms with van der Waals surface area (Å²) in [5.41, 5.74) is 5.15. The number of halogens is 1. The van der Waals surface area contributed by atoms with Gasteiger partial charge in [0.25, 0.3) is 11.8 Å². The lowest BCUT2D eigenvalue weighted by molar-refractivity contribution is -0.143. The number of rotatable bonds is 8. The highest BCUT2D eigenvalue weighted by molar-refractivity contribution is 14.1. The number of imide groups is 2. The molecule has 0 aromatic heterocycles. The lowest BCUT2D eigenvalue weighted by Crippen LogP contribution is -2.53. The summed E-state index contributed by atoms with van der Waals surface area (Å²) >= 11 is 2.00. The van der Waals surface area contributed by atoms with Gasteiger partial charge in [0.15, 0.2) is 11.5 Å². The van der Waals surface area contributed by atoms with Gasteiger partial charge in [-0.3, -0.25) is 34.3 Å². The van der Waals surface area contributed by atoms with Gasteiger partial charge in [0.05, 0.1) is 46.0 Å². The number of fused-ring (bicyclic) bond motifs is 4. The van der Waals surface area contributed by atoms with Crippen LogP contribution in [0.4, 0.5) is 5.69 Å². The Morgan fingerprint density at radius 3 is 2.39 bits per heavy atom. The van der Waals surface area contributed by atoms with E-state index < -0.39 is 64.6 Å². The topological polar surface area (TPSA) is 154 Å². The van der Waals surface area contributed by atoms with Crippen molar-refractivity contribution in [3.05, 3.63) is 98.6 Å². The first kappa shape index (κ1) is 32.8. The van der Waals surface area contributed by atoms with Crippen LogP contribution in [0.5, 0.6) is 11.5 Å². The molecule has 7 rings (SSSR count). The van der Waals surface area contributed by atoms with Crippen molar-refractivity contribution in [3.63, 3.8) is 0 Å². The maximum absolute atomic E-state index is 15.2. The molecule has 0 bridgehead atoms. The summed E-state index contributed by atoms with van der Waals surface area (Å²) in [7, 11) is 1.44. The Kier molecular flexibility index (Phi) is 8.24. The SMILES string of the molecule is COc1cc([C@H]2C3=CC[C@@H]4C(=O)N(CCC(=O)O)C(=O)[C@@H]4[C@@H]3C[C@H]3C(=O)N(Nc4ccc(C)cc4)C(=O)[C@@]23c2ccccc2)cc(I)c1O. The highest BCUT2D eigenvalue weighted by Crippen LogP contribution is 2.64. The molecule has 3 N–H and O–H groups in total. The number of carboxylic acid groups (broad SMARTS) is 1. The molecule has 0 unspecified atom stereocenters. The fourth-order valence-electron chi connectivity index (χ4n) is 8.53. The number of methoxy groups -OCH3 is 1. The van der Waals surface area contributed by atoms with Gasteiger partial charge in [0.2, 0.25) is 11.8 Å². The maximum atomic E-state index is 15.2. The van der Waals surface area contributed by atoms with Gasteiger partial charge in [-0.2, -0.15) is 5.01 Å². The van der Waals surface area contributed by atoms with Crippen LogP contribution in [-0.2, 0) is 29.4 Å². The van der Waals surface area contributed by atoms with Crippen molar-refractivity contribution in [1.82, 2.24) is 9.91 Å². The first-order valence-electron chi connectivity index (χ1n) is 16.1. The Labute approximate surface area is 296 Å². The molecule has 11 nitrogen and oxygen atoms in total. The lowest BCUT2D eigenvalue weighted by atomic mass is 9.49. The molecule has 3 aromatic carbocycles. The molecule has 2 heterocycles. The molecule has 6 atom stereocenters. The smallest absolute Gasteiger partial charge is 0.305 e. The van der Waals surface area contributed by atoms with Gasteiger partial charge >= 0.3 is 5.97 Å². The Hall–Kier alpha value is -4.72. The molecule has 2 aliphatic carbocycles. The number of hydrazine groups is 1. The number of amides is 4. The number of carbonyl (C=O) groups is 5. The summed E-state index contributed by atoms with van der Waals surface area (Å²) in [6, 6.07) is 19.9. The summed E-state index contributed by atoms with van der Waals surface area (Å²) in [5.74, 6) is -6.64. The number of anilines is 1. The minimum Gasteiger partial charge on any atom is -0.504 e. The highest BCUT2D eigenvalue weighted by Gasteiger charge is 2.70. The van der Waals surface area contributed by atoms with E-state index in [-0.39, 0.29) is 37.3 Å². The third-order valence-electron chi connectivity index (χ3n) is 10.6. The molecule has 0 radical (unpaired) electrons. The van der Waals surface area contributed by atoms with Gasteiger partial charge < -0.3 is 14.9 Å². The minimum absolute atomic E-state index is 0.0654. The number of phenols is 1. The van der Waals surface area contributed by atoms with Crippen molar-refractivity contribution in [2.24, 2.45) is 23.7 Å². The van der Waals surface area contributed by atoms with Crippen LogP contribution >= 0.6 is 22.6 Å². The molecular formula is C37H34IN3O8. The zero-order valence-electron chi connectivity index (χ0n) is 26.8. The van der Waals surface area contributed by atoms with Crippen LogP contribution in [-0.4, -0.2) is 63.4 Å². The van der Waals surface area contributed by atoms with E-state index >= 15 is 4.79 Å². The van der Waals surface area contributed by atoms with Gasteiger partial charge in [-0.1, -0.05) is 59.7 Å². The Bertz CT molecular complexity index is 1930. The average Bonchev–Trinajstić information content (AvgIpc) is 3.46. The number of aromatic hydroxyl groups is 1. The number of hydrogen-bond donors (Lipinski definition) is 3. The van der Waals surface area contributed by atoms with Crippen molar-refractivity contribution < 1.29 is 38.9 Å². The third-order valence-corrected chi connectivity index (χ3v) is 11.5. The first-order valence-corrected chi connectivity index (χ1v) is 17.2. The van der Waals surface area contributed by atoms with Gasteiger partial charge in [0.1, 0.15) is 0 Å². The van der Waals surface area contributed by atoms with Crippen LogP contribution in [0.1, 0.15) is 41.9 Å². The number of allylic oxidation sites excluding steroid dienone is 2. The number of nitrogens with zero attached hydrogens (tertiary/aromatic N) is 2. The first-order chi connectivity index (χ1) is 23.5. The van der Waals surface area contributed by atoms with Crippen molar-refractivity contribution in [3.8, 4) is 11.5 Å². The van der Waals surface area contributed by atoms with E-state index in [1.807, 2.05) is 78.1 Å². The predicted octanol–water partition coefficient (Wildman–Crippen LogP) is 4.77. The Morgan fingerprint density at radius 2 is 1.71 bits per heavy atom. The molecule has 49 heavy (non-hydrogen) atoms. The zero-order valence-corrected chi connectivity index (χ0v) is 28.9. The number of phenolic OH excluding ortho intramolecular Hbond substituents is 1. The standard InChI is InChI=1S/C37H34IN3O8/c1-19-8-10-22(11-9-19)39-41-34(46)26-18-25-23(12-13-24-30(25)35(47)40(33(24)45)15-14-29(42)43)31(20-16-27(38)32(44)28(17-20)49-2)37(26,36(41)48)21-6-4-3-5-7-21/h3-12,16-17,24-26,30-31,39,44H,13-15,18H2,1-2H3,(H,42,43)/t24-,25+,26-,30-,31-,37+/m0/s1. The monoisotopic (exact) mass is 775 g/mol. The van der Waals surface area contributed by atoms with Gasteiger partial charge in [-0.05, 0) is 83.7 Å². The quantitative estimate of drug-likeness (QED) is 0.167. The summed E-state index contributed by atoms with van der Waals surface area (Å²) in [6.07, 6.45) is 1.90. The van der Waals surface area contributed by atoms with Crippen molar-refractivity contribution in [2.45, 2.75) is 37.5 Å². The largest absolute Gasteiger partial charge is 0.504 e.